The average Bonchev–Trinajstić information content (AvgIpc) is 3.38. The zero-order chi connectivity index (χ0) is 24.3. The normalized spacial score (nSPS) is 24.0. The highest BCUT2D eigenvalue weighted by atomic mass is 19.1. The molecule has 2 aromatic heterocycles. The van der Waals surface area contributed by atoms with Crippen LogP contribution in [0.5, 0.6) is 0 Å². The fourth-order valence-electron chi connectivity index (χ4n) is 4.99. The number of β-amino-alcohol motifs (C(OH)–C–C–N with tert-alkyl or cyclic N) is 2. The van der Waals surface area contributed by atoms with Gasteiger partial charge in [-0.1, -0.05) is 6.07 Å². The van der Waals surface area contributed by atoms with E-state index in [-0.39, 0.29) is 48.8 Å². The Balaban J connectivity index is 1.62. The number of aromatic nitrogens is 3. The van der Waals surface area contributed by atoms with Gasteiger partial charge in [-0.2, -0.15) is 10.4 Å². The molecule has 1 saturated heterocycles. The van der Waals surface area contributed by atoms with Crippen molar-refractivity contribution in [3.63, 3.8) is 0 Å². The quantitative estimate of drug-likeness (QED) is 0.542. The number of benzene rings is 1. The monoisotopic (exact) mass is 462 g/mol. The van der Waals surface area contributed by atoms with E-state index in [1.165, 1.54) is 22.9 Å². The summed E-state index contributed by atoms with van der Waals surface area (Å²) in [6.45, 7) is 4.07. The summed E-state index contributed by atoms with van der Waals surface area (Å²) in [6, 6.07) is 9.49. The van der Waals surface area contributed by atoms with Gasteiger partial charge in [-0.05, 0) is 32.0 Å². The molecule has 1 aromatic carbocycles. The molecule has 9 nitrogen and oxygen atoms in total. The molecule has 0 radical (unpaired) electrons. The van der Waals surface area contributed by atoms with Gasteiger partial charge >= 0.3 is 0 Å². The Morgan fingerprint density at radius 2 is 1.91 bits per heavy atom. The number of rotatable bonds is 3. The number of piperidine rings is 1. The molecule has 0 saturated carbocycles. The van der Waals surface area contributed by atoms with Crippen LogP contribution in [0.1, 0.15) is 41.9 Å². The maximum absolute atomic E-state index is 14.7. The van der Waals surface area contributed by atoms with Crippen molar-refractivity contribution in [3.05, 3.63) is 59.2 Å². The number of hydrogen-bond donors (Lipinski definition) is 3. The SMILES string of the molecule is CC1(O)CN(c2ccn(-c3cc(-c4c(F)cccc4C#N)nc4c3C(=O)NC4)n2)C[C@@](C)(O)C1. The fraction of sp³-hybridized carbons (Fsp3) is 0.333. The van der Waals surface area contributed by atoms with Gasteiger partial charge in [-0.15, -0.1) is 0 Å². The molecular weight excluding hydrogens is 439 g/mol. The first-order valence-electron chi connectivity index (χ1n) is 10.8. The van der Waals surface area contributed by atoms with E-state index in [4.69, 9.17) is 0 Å². The van der Waals surface area contributed by atoms with E-state index in [1.807, 2.05) is 6.07 Å². The lowest BCUT2D eigenvalue weighted by atomic mass is 9.84. The number of anilines is 1. The second-order valence-corrected chi connectivity index (χ2v) is 9.45. The van der Waals surface area contributed by atoms with Gasteiger partial charge in [0, 0.05) is 31.8 Å². The van der Waals surface area contributed by atoms with Crippen LogP contribution in [0.4, 0.5) is 10.2 Å². The zero-order valence-corrected chi connectivity index (χ0v) is 18.7. The number of fused-ring (bicyclic) bond motifs is 1. The smallest absolute Gasteiger partial charge is 0.255 e. The molecule has 1 fully saturated rings. The lowest BCUT2D eigenvalue weighted by Gasteiger charge is -2.44. The number of nitriles is 1. The molecule has 3 aromatic rings. The van der Waals surface area contributed by atoms with Crippen molar-refractivity contribution in [1.29, 1.82) is 5.26 Å². The Bertz CT molecular complexity index is 1340. The second-order valence-electron chi connectivity index (χ2n) is 9.45. The van der Waals surface area contributed by atoms with Crippen molar-refractivity contribution in [3.8, 4) is 23.0 Å². The molecule has 5 rings (SSSR count). The van der Waals surface area contributed by atoms with Crippen LogP contribution in [0.25, 0.3) is 16.9 Å². The van der Waals surface area contributed by atoms with Crippen LogP contribution in [0.2, 0.25) is 0 Å². The molecule has 10 heteroatoms. The maximum Gasteiger partial charge on any atom is 0.255 e. The molecule has 0 aliphatic carbocycles. The van der Waals surface area contributed by atoms with Gasteiger partial charge in [0.1, 0.15) is 5.82 Å². The van der Waals surface area contributed by atoms with E-state index in [9.17, 15) is 24.7 Å². The Kier molecular flexibility index (Phi) is 4.93. The lowest BCUT2D eigenvalue weighted by molar-refractivity contribution is -0.0581. The maximum atomic E-state index is 14.7. The van der Waals surface area contributed by atoms with Crippen LogP contribution >= 0.6 is 0 Å². The van der Waals surface area contributed by atoms with Crippen molar-refractivity contribution in [1.82, 2.24) is 20.1 Å². The Morgan fingerprint density at radius 3 is 2.62 bits per heavy atom. The summed E-state index contributed by atoms with van der Waals surface area (Å²) in [5.74, 6) is -0.401. The van der Waals surface area contributed by atoms with Gasteiger partial charge in [0.15, 0.2) is 5.82 Å². The van der Waals surface area contributed by atoms with Crippen LogP contribution in [0, 0.1) is 17.1 Å². The fourth-order valence-corrected chi connectivity index (χ4v) is 4.99. The van der Waals surface area contributed by atoms with Crippen LogP contribution in [0.3, 0.4) is 0 Å². The Morgan fingerprint density at radius 1 is 1.18 bits per heavy atom. The van der Waals surface area contributed by atoms with Crippen LogP contribution in [-0.4, -0.2) is 55.2 Å². The molecular formula is C24H23FN6O3. The summed E-state index contributed by atoms with van der Waals surface area (Å²) >= 11 is 0. The van der Waals surface area contributed by atoms with E-state index in [0.717, 1.165) is 0 Å². The molecule has 1 amide bonds. The predicted molar refractivity (Wildman–Crippen MR) is 121 cm³/mol. The number of pyridine rings is 1. The van der Waals surface area contributed by atoms with E-state index in [0.29, 0.717) is 22.8 Å². The molecule has 2 aliphatic heterocycles. The summed E-state index contributed by atoms with van der Waals surface area (Å²) in [6.07, 6.45) is 1.90. The molecule has 34 heavy (non-hydrogen) atoms. The summed E-state index contributed by atoms with van der Waals surface area (Å²) in [5.41, 5.74) is -0.635. The Labute approximate surface area is 195 Å². The summed E-state index contributed by atoms with van der Waals surface area (Å²) < 4.78 is 16.2. The third-order valence-electron chi connectivity index (χ3n) is 6.08. The third kappa shape index (κ3) is 3.79. The highest BCUT2D eigenvalue weighted by molar-refractivity contribution is 6.01. The van der Waals surface area contributed by atoms with Crippen molar-refractivity contribution < 1.29 is 19.4 Å². The van der Waals surface area contributed by atoms with Crippen LogP contribution in [-0.2, 0) is 6.54 Å². The van der Waals surface area contributed by atoms with Gasteiger partial charge < -0.3 is 20.4 Å². The molecule has 0 spiro atoms. The zero-order valence-electron chi connectivity index (χ0n) is 18.7. The second kappa shape index (κ2) is 7.62. The number of halogens is 1. The van der Waals surface area contributed by atoms with E-state index >= 15 is 0 Å². The largest absolute Gasteiger partial charge is 0.388 e. The highest BCUT2D eigenvalue weighted by Gasteiger charge is 2.41. The number of carbonyl (C=O) groups excluding carboxylic acids is 1. The number of amides is 1. The minimum absolute atomic E-state index is 0.0592. The molecule has 2 aliphatic rings. The highest BCUT2D eigenvalue weighted by Crippen LogP contribution is 2.33. The first-order valence-corrected chi connectivity index (χ1v) is 10.8. The molecule has 1 unspecified atom stereocenters. The van der Waals surface area contributed by atoms with Gasteiger partial charge in [0.25, 0.3) is 5.91 Å². The number of nitrogens with one attached hydrogen (secondary N) is 1. The van der Waals surface area contributed by atoms with Gasteiger partial charge in [0.05, 0.1) is 57.6 Å². The van der Waals surface area contributed by atoms with Crippen molar-refractivity contribution >= 4 is 11.7 Å². The molecule has 174 valence electrons. The van der Waals surface area contributed by atoms with E-state index < -0.39 is 17.0 Å². The first-order chi connectivity index (χ1) is 16.1. The number of aliphatic hydroxyl groups is 2. The minimum Gasteiger partial charge on any atom is -0.388 e. The van der Waals surface area contributed by atoms with Crippen LogP contribution < -0.4 is 10.2 Å². The summed E-state index contributed by atoms with van der Waals surface area (Å²) in [7, 11) is 0. The van der Waals surface area contributed by atoms with Gasteiger partial charge in [-0.3, -0.25) is 4.79 Å². The molecule has 2 atom stereocenters. The first kappa shape index (κ1) is 22.0. The van der Waals surface area contributed by atoms with Crippen LogP contribution in [0.15, 0.2) is 36.5 Å². The third-order valence-corrected chi connectivity index (χ3v) is 6.08. The number of carbonyl (C=O) groups is 1. The van der Waals surface area contributed by atoms with Crippen molar-refractivity contribution in [2.45, 2.75) is 38.0 Å². The minimum atomic E-state index is -1.10. The number of nitrogens with zero attached hydrogens (tertiary/aromatic N) is 5. The topological polar surface area (TPSA) is 127 Å². The van der Waals surface area contributed by atoms with Crippen molar-refractivity contribution in [2.24, 2.45) is 0 Å². The standard InChI is InChI=1S/C24H23FN6O3/c1-23(33)11-24(2,34)13-30(12-23)19-6-7-31(29-19)18-8-16(28-17-10-27-22(32)21(17)18)20-14(9-26)4-3-5-15(20)25/h3-8,33-34H,10-13H2,1-2H3,(H,27,32)/t23-,24?/m0/s1. The van der Waals surface area contributed by atoms with Gasteiger partial charge in [0.2, 0.25) is 0 Å². The molecule has 4 heterocycles. The lowest BCUT2D eigenvalue weighted by Crippen LogP contribution is -2.57. The summed E-state index contributed by atoms with van der Waals surface area (Å²) in [5, 5.41) is 38.0. The van der Waals surface area contributed by atoms with Crippen molar-refractivity contribution in [2.75, 3.05) is 18.0 Å². The van der Waals surface area contributed by atoms with E-state index in [1.54, 1.807) is 37.1 Å². The molecule has 3 N–H and O–H groups in total. The number of hydrogen-bond acceptors (Lipinski definition) is 7. The Hall–Kier alpha value is -3.81. The predicted octanol–water partition coefficient (Wildman–Crippen LogP) is 1.90. The van der Waals surface area contributed by atoms with Gasteiger partial charge in [-0.25, -0.2) is 14.1 Å². The summed E-state index contributed by atoms with van der Waals surface area (Å²) in [4.78, 5) is 18.8. The van der Waals surface area contributed by atoms with E-state index in [2.05, 4.69) is 15.4 Å². The molecule has 0 bridgehead atoms. The average molecular weight is 462 g/mol.